The second kappa shape index (κ2) is 6.90. The van der Waals surface area contributed by atoms with Gasteiger partial charge in [-0.15, -0.1) is 11.3 Å². The Kier molecular flexibility index (Phi) is 4.91. The Labute approximate surface area is 136 Å². The van der Waals surface area contributed by atoms with Crippen LogP contribution in [0.15, 0.2) is 35.7 Å². The number of likely N-dealkylation sites (tertiary alicyclic amines) is 1. The molecule has 4 heteroatoms. The molecule has 3 nitrogen and oxygen atoms in total. The molecule has 118 valence electrons. The lowest BCUT2D eigenvalue weighted by atomic mass is 9.83. The molecule has 1 aromatic heterocycles. The summed E-state index contributed by atoms with van der Waals surface area (Å²) < 4.78 is 0. The van der Waals surface area contributed by atoms with E-state index in [4.69, 9.17) is 4.98 Å². The molecule has 1 aliphatic heterocycles. The van der Waals surface area contributed by atoms with Gasteiger partial charge in [0, 0.05) is 36.9 Å². The predicted molar refractivity (Wildman–Crippen MR) is 91.1 cm³/mol. The maximum Gasteiger partial charge on any atom is 0.0972 e. The normalized spacial score (nSPS) is 22.8. The summed E-state index contributed by atoms with van der Waals surface area (Å²) in [7, 11) is 0. The van der Waals surface area contributed by atoms with Crippen LogP contribution in [0.5, 0.6) is 0 Å². The molecule has 1 aliphatic rings. The van der Waals surface area contributed by atoms with Crippen molar-refractivity contribution in [1.29, 1.82) is 0 Å². The van der Waals surface area contributed by atoms with Crippen molar-refractivity contribution in [3.8, 4) is 0 Å². The van der Waals surface area contributed by atoms with Gasteiger partial charge < -0.3 is 5.11 Å². The van der Waals surface area contributed by atoms with Crippen LogP contribution in [0.4, 0.5) is 0 Å². The summed E-state index contributed by atoms with van der Waals surface area (Å²) >= 11 is 1.75. The van der Waals surface area contributed by atoms with E-state index in [-0.39, 0.29) is 12.0 Å². The first-order chi connectivity index (χ1) is 10.7. The molecule has 1 saturated heterocycles. The molecular formula is C18H24N2OS. The van der Waals surface area contributed by atoms with Gasteiger partial charge in [-0.2, -0.15) is 0 Å². The molecule has 1 N–H and O–H groups in total. The summed E-state index contributed by atoms with van der Waals surface area (Å²) in [6, 6.07) is 10.5. The smallest absolute Gasteiger partial charge is 0.0972 e. The molecule has 0 radical (unpaired) electrons. The van der Waals surface area contributed by atoms with Crippen molar-refractivity contribution in [3.63, 3.8) is 0 Å². The molecule has 0 amide bonds. The van der Waals surface area contributed by atoms with Gasteiger partial charge in [-0.05, 0) is 24.9 Å². The second-order valence-corrected chi connectivity index (χ2v) is 7.62. The average Bonchev–Trinajstić information content (AvgIpc) is 2.95. The molecule has 0 aliphatic carbocycles. The lowest BCUT2D eigenvalue weighted by Crippen LogP contribution is -2.43. The minimum atomic E-state index is 0.0567. The summed E-state index contributed by atoms with van der Waals surface area (Å²) in [6.45, 7) is 5.44. The summed E-state index contributed by atoms with van der Waals surface area (Å²) in [5.41, 5.74) is 2.54. The lowest BCUT2D eigenvalue weighted by Gasteiger charge is -2.39. The molecule has 3 rings (SSSR count). The van der Waals surface area contributed by atoms with Crippen LogP contribution >= 0.6 is 11.3 Å². The van der Waals surface area contributed by atoms with Gasteiger partial charge in [0.05, 0.1) is 10.7 Å². The number of aromatic nitrogens is 1. The minimum Gasteiger partial charge on any atom is -0.396 e. The Bertz CT molecular complexity index is 598. The Morgan fingerprint density at radius 3 is 2.91 bits per heavy atom. The molecule has 1 aromatic carbocycles. The number of nitrogens with zero attached hydrogens (tertiary/aromatic N) is 2. The highest BCUT2D eigenvalue weighted by Gasteiger charge is 2.30. The molecule has 2 aromatic rings. The molecule has 1 fully saturated rings. The van der Waals surface area contributed by atoms with Crippen LogP contribution in [0.1, 0.15) is 36.0 Å². The zero-order chi connectivity index (χ0) is 15.4. The second-order valence-electron chi connectivity index (χ2n) is 6.68. The van der Waals surface area contributed by atoms with E-state index in [2.05, 4.69) is 41.5 Å². The highest BCUT2D eigenvalue weighted by Crippen LogP contribution is 2.29. The largest absolute Gasteiger partial charge is 0.396 e. The van der Waals surface area contributed by atoms with Crippen molar-refractivity contribution in [2.45, 2.75) is 32.7 Å². The van der Waals surface area contributed by atoms with Crippen molar-refractivity contribution >= 4 is 11.3 Å². The van der Waals surface area contributed by atoms with E-state index in [0.717, 1.165) is 44.6 Å². The first-order valence-corrected chi connectivity index (χ1v) is 8.85. The first-order valence-electron chi connectivity index (χ1n) is 7.97. The minimum absolute atomic E-state index is 0.0567. The van der Waals surface area contributed by atoms with Crippen molar-refractivity contribution in [2.75, 3.05) is 19.7 Å². The number of aliphatic hydroxyl groups excluding tert-OH is 1. The number of hydrogen-bond acceptors (Lipinski definition) is 4. The fraction of sp³-hybridized carbons (Fsp3) is 0.500. The molecule has 0 saturated carbocycles. The maximum atomic E-state index is 9.56. The number of piperidine rings is 1. The molecular weight excluding hydrogens is 292 g/mol. The highest BCUT2D eigenvalue weighted by atomic mass is 32.1. The average molecular weight is 316 g/mol. The SMILES string of the molecule is CC1(CO)CCCN(Cc2csc(Cc3ccccc3)n2)C1. The van der Waals surface area contributed by atoms with Crippen molar-refractivity contribution in [2.24, 2.45) is 5.41 Å². The quantitative estimate of drug-likeness (QED) is 0.919. The van der Waals surface area contributed by atoms with E-state index in [1.807, 2.05) is 6.07 Å². The van der Waals surface area contributed by atoms with E-state index in [9.17, 15) is 5.11 Å². The summed E-state index contributed by atoms with van der Waals surface area (Å²) in [5, 5.41) is 12.9. The van der Waals surface area contributed by atoms with Gasteiger partial charge in [-0.25, -0.2) is 4.98 Å². The summed E-state index contributed by atoms with van der Waals surface area (Å²) in [4.78, 5) is 7.22. The Morgan fingerprint density at radius 2 is 2.14 bits per heavy atom. The van der Waals surface area contributed by atoms with Crippen molar-refractivity contribution in [1.82, 2.24) is 9.88 Å². The molecule has 2 heterocycles. The third-order valence-electron chi connectivity index (χ3n) is 4.42. The molecule has 1 unspecified atom stereocenters. The van der Waals surface area contributed by atoms with E-state index in [1.165, 1.54) is 10.6 Å². The van der Waals surface area contributed by atoms with Gasteiger partial charge in [0.1, 0.15) is 0 Å². The lowest BCUT2D eigenvalue weighted by molar-refractivity contribution is 0.0424. The van der Waals surface area contributed by atoms with Gasteiger partial charge in [0.25, 0.3) is 0 Å². The van der Waals surface area contributed by atoms with E-state index >= 15 is 0 Å². The van der Waals surface area contributed by atoms with Crippen LogP contribution in [0.2, 0.25) is 0 Å². The van der Waals surface area contributed by atoms with E-state index in [0.29, 0.717) is 0 Å². The Hall–Kier alpha value is -1.23. The first kappa shape index (κ1) is 15.7. The summed E-state index contributed by atoms with van der Waals surface area (Å²) in [5.74, 6) is 0. The van der Waals surface area contributed by atoms with Crippen LogP contribution in [0, 0.1) is 5.41 Å². The van der Waals surface area contributed by atoms with E-state index in [1.54, 1.807) is 11.3 Å². The van der Waals surface area contributed by atoms with Gasteiger partial charge in [0.2, 0.25) is 0 Å². The number of benzene rings is 1. The maximum absolute atomic E-state index is 9.56. The standard InChI is InChI=1S/C18H24N2OS/c1-18(14-21)8-5-9-20(13-18)11-16-12-22-17(19-16)10-15-6-3-2-4-7-15/h2-4,6-7,12,21H,5,8-11,13-14H2,1H3. The van der Waals surface area contributed by atoms with Crippen LogP contribution in [-0.4, -0.2) is 34.7 Å². The van der Waals surface area contributed by atoms with Gasteiger partial charge in [0.15, 0.2) is 0 Å². The number of aliphatic hydroxyl groups is 1. The topological polar surface area (TPSA) is 36.4 Å². The highest BCUT2D eigenvalue weighted by molar-refractivity contribution is 7.09. The van der Waals surface area contributed by atoms with Crippen molar-refractivity contribution < 1.29 is 5.11 Å². The van der Waals surface area contributed by atoms with Crippen LogP contribution in [0.3, 0.4) is 0 Å². The monoisotopic (exact) mass is 316 g/mol. The zero-order valence-electron chi connectivity index (χ0n) is 13.2. The van der Waals surface area contributed by atoms with E-state index < -0.39 is 0 Å². The molecule has 1 atom stereocenters. The van der Waals surface area contributed by atoms with Gasteiger partial charge in [-0.1, -0.05) is 37.3 Å². The third kappa shape index (κ3) is 3.94. The molecule has 0 spiro atoms. The predicted octanol–water partition coefficient (Wildman–Crippen LogP) is 3.33. The molecule has 0 bridgehead atoms. The number of hydrogen-bond donors (Lipinski definition) is 1. The summed E-state index contributed by atoms with van der Waals surface area (Å²) in [6.07, 6.45) is 3.20. The van der Waals surface area contributed by atoms with Crippen LogP contribution in [0.25, 0.3) is 0 Å². The fourth-order valence-corrected chi connectivity index (χ4v) is 4.01. The third-order valence-corrected chi connectivity index (χ3v) is 5.32. The zero-order valence-corrected chi connectivity index (χ0v) is 14.0. The Morgan fingerprint density at radius 1 is 1.32 bits per heavy atom. The van der Waals surface area contributed by atoms with Crippen molar-refractivity contribution in [3.05, 3.63) is 52.0 Å². The van der Waals surface area contributed by atoms with Crippen LogP contribution < -0.4 is 0 Å². The molecule has 22 heavy (non-hydrogen) atoms. The van der Waals surface area contributed by atoms with Gasteiger partial charge in [-0.3, -0.25) is 4.90 Å². The number of rotatable bonds is 5. The number of thiazole rings is 1. The van der Waals surface area contributed by atoms with Crippen LogP contribution in [-0.2, 0) is 13.0 Å². The fourth-order valence-electron chi connectivity index (χ4n) is 3.19. The van der Waals surface area contributed by atoms with Gasteiger partial charge >= 0.3 is 0 Å². The Balaban J connectivity index is 1.60.